The Bertz CT molecular complexity index is 409. The molecule has 0 aliphatic carbocycles. The molecule has 90 valence electrons. The zero-order valence-electron chi connectivity index (χ0n) is 10.5. The van der Waals surface area contributed by atoms with Crippen LogP contribution in [-0.2, 0) is 5.88 Å². The lowest BCUT2D eigenvalue weighted by Crippen LogP contribution is -2.29. The van der Waals surface area contributed by atoms with Gasteiger partial charge in [0.1, 0.15) is 0 Å². The van der Waals surface area contributed by atoms with Crippen molar-refractivity contribution >= 4 is 11.6 Å². The van der Waals surface area contributed by atoms with Crippen LogP contribution in [-0.4, -0.2) is 4.57 Å². The van der Waals surface area contributed by atoms with Crippen molar-refractivity contribution < 1.29 is 0 Å². The topological polar surface area (TPSA) is 22.0 Å². The van der Waals surface area contributed by atoms with Gasteiger partial charge in [0.25, 0.3) is 5.56 Å². The summed E-state index contributed by atoms with van der Waals surface area (Å²) in [5, 5.41) is 0. The van der Waals surface area contributed by atoms with Gasteiger partial charge in [0.2, 0.25) is 0 Å². The minimum absolute atomic E-state index is 0.0653. The number of pyridine rings is 1. The number of hydrogen-bond acceptors (Lipinski definition) is 1. The Morgan fingerprint density at radius 1 is 1.31 bits per heavy atom. The SMILES string of the molecule is CCC(C)n1c(C(C)C)ccc(CCl)c1=O. The van der Waals surface area contributed by atoms with E-state index in [2.05, 4.69) is 27.7 Å². The zero-order valence-corrected chi connectivity index (χ0v) is 11.2. The molecule has 0 saturated heterocycles. The van der Waals surface area contributed by atoms with Crippen LogP contribution < -0.4 is 5.56 Å². The second-order valence-electron chi connectivity index (χ2n) is 4.50. The molecular formula is C13H20ClNO. The van der Waals surface area contributed by atoms with Gasteiger partial charge in [-0.25, -0.2) is 0 Å². The van der Waals surface area contributed by atoms with Crippen LogP contribution in [0.1, 0.15) is 57.3 Å². The van der Waals surface area contributed by atoms with Crippen LogP contribution in [0.4, 0.5) is 0 Å². The molecule has 0 N–H and O–H groups in total. The Labute approximate surface area is 102 Å². The number of rotatable bonds is 4. The Morgan fingerprint density at radius 2 is 1.94 bits per heavy atom. The maximum atomic E-state index is 12.2. The number of halogens is 1. The van der Waals surface area contributed by atoms with E-state index in [1.165, 1.54) is 0 Å². The predicted octanol–water partition coefficient (Wildman–Crippen LogP) is 3.68. The molecule has 0 spiro atoms. The van der Waals surface area contributed by atoms with Crippen molar-refractivity contribution in [3.8, 4) is 0 Å². The molecule has 0 fully saturated rings. The lowest BCUT2D eigenvalue weighted by molar-refractivity contribution is 0.482. The van der Waals surface area contributed by atoms with Gasteiger partial charge in [-0.1, -0.05) is 26.8 Å². The van der Waals surface area contributed by atoms with E-state index in [9.17, 15) is 4.79 Å². The maximum absolute atomic E-state index is 12.2. The van der Waals surface area contributed by atoms with E-state index < -0.39 is 0 Å². The number of aromatic nitrogens is 1. The Balaban J connectivity index is 3.43. The minimum atomic E-state index is 0.0653. The fourth-order valence-corrected chi connectivity index (χ4v) is 2.02. The van der Waals surface area contributed by atoms with E-state index in [-0.39, 0.29) is 17.5 Å². The van der Waals surface area contributed by atoms with Gasteiger partial charge in [0, 0.05) is 17.3 Å². The molecule has 1 atom stereocenters. The average Bonchev–Trinajstić information content (AvgIpc) is 2.27. The lowest BCUT2D eigenvalue weighted by Gasteiger charge is -2.21. The van der Waals surface area contributed by atoms with Gasteiger partial charge in [-0.2, -0.15) is 0 Å². The van der Waals surface area contributed by atoms with Gasteiger partial charge in [0.15, 0.2) is 0 Å². The Hall–Kier alpha value is -0.760. The zero-order chi connectivity index (χ0) is 12.3. The molecule has 1 heterocycles. The third-order valence-electron chi connectivity index (χ3n) is 2.99. The van der Waals surface area contributed by atoms with Gasteiger partial charge in [0.05, 0.1) is 5.88 Å². The van der Waals surface area contributed by atoms with Crippen LogP contribution in [0.25, 0.3) is 0 Å². The van der Waals surface area contributed by atoms with Crippen molar-refractivity contribution in [1.82, 2.24) is 4.57 Å². The fraction of sp³-hybridized carbons (Fsp3) is 0.615. The highest BCUT2D eigenvalue weighted by Crippen LogP contribution is 2.19. The smallest absolute Gasteiger partial charge is 0.255 e. The molecule has 1 rings (SSSR count). The van der Waals surface area contributed by atoms with Crippen molar-refractivity contribution in [2.45, 2.75) is 52.0 Å². The van der Waals surface area contributed by atoms with E-state index in [0.29, 0.717) is 11.5 Å². The summed E-state index contributed by atoms with van der Waals surface area (Å²) in [6.07, 6.45) is 0.950. The van der Waals surface area contributed by atoms with Crippen molar-refractivity contribution in [1.29, 1.82) is 0 Å². The summed E-state index contributed by atoms with van der Waals surface area (Å²) in [4.78, 5) is 12.2. The minimum Gasteiger partial charge on any atom is -0.309 e. The maximum Gasteiger partial charge on any atom is 0.255 e. The molecule has 3 heteroatoms. The van der Waals surface area contributed by atoms with Crippen LogP contribution in [0.5, 0.6) is 0 Å². The number of hydrogen-bond donors (Lipinski definition) is 0. The third kappa shape index (κ3) is 2.49. The molecule has 1 aromatic heterocycles. The summed E-state index contributed by atoms with van der Waals surface area (Å²) in [5.41, 5.74) is 1.84. The van der Waals surface area contributed by atoms with Crippen molar-refractivity contribution in [3.63, 3.8) is 0 Å². The van der Waals surface area contributed by atoms with Crippen LogP contribution >= 0.6 is 11.6 Å². The summed E-state index contributed by atoms with van der Waals surface area (Å²) < 4.78 is 1.89. The van der Waals surface area contributed by atoms with E-state index in [1.807, 2.05) is 16.7 Å². The first kappa shape index (κ1) is 13.3. The van der Waals surface area contributed by atoms with E-state index in [0.717, 1.165) is 12.1 Å². The highest BCUT2D eigenvalue weighted by Gasteiger charge is 2.14. The summed E-state index contributed by atoms with van der Waals surface area (Å²) in [5.74, 6) is 0.638. The molecule has 0 aromatic carbocycles. The summed E-state index contributed by atoms with van der Waals surface area (Å²) in [6, 6.07) is 4.10. The first-order valence-electron chi connectivity index (χ1n) is 5.83. The second kappa shape index (κ2) is 5.53. The molecule has 1 unspecified atom stereocenters. The van der Waals surface area contributed by atoms with E-state index in [4.69, 9.17) is 11.6 Å². The van der Waals surface area contributed by atoms with Crippen LogP contribution in [0.2, 0.25) is 0 Å². The Kier molecular flexibility index (Phi) is 4.60. The van der Waals surface area contributed by atoms with Crippen molar-refractivity contribution in [2.75, 3.05) is 0 Å². The average molecular weight is 242 g/mol. The fourth-order valence-electron chi connectivity index (χ4n) is 1.82. The second-order valence-corrected chi connectivity index (χ2v) is 4.77. The van der Waals surface area contributed by atoms with E-state index >= 15 is 0 Å². The quantitative estimate of drug-likeness (QED) is 0.737. The number of alkyl halides is 1. The standard InChI is InChI=1S/C13H20ClNO/c1-5-10(4)15-12(9(2)3)7-6-11(8-14)13(15)16/h6-7,9-10H,5,8H2,1-4H3. The van der Waals surface area contributed by atoms with Crippen molar-refractivity contribution in [3.05, 3.63) is 33.7 Å². The predicted molar refractivity (Wildman–Crippen MR) is 69.4 cm³/mol. The highest BCUT2D eigenvalue weighted by atomic mass is 35.5. The highest BCUT2D eigenvalue weighted by molar-refractivity contribution is 6.17. The first-order valence-corrected chi connectivity index (χ1v) is 6.36. The van der Waals surface area contributed by atoms with Gasteiger partial charge < -0.3 is 4.57 Å². The molecule has 16 heavy (non-hydrogen) atoms. The molecule has 0 aliphatic rings. The first-order chi connectivity index (χ1) is 7.52. The monoisotopic (exact) mass is 241 g/mol. The molecule has 0 saturated carbocycles. The molecule has 0 radical (unpaired) electrons. The molecule has 0 amide bonds. The largest absolute Gasteiger partial charge is 0.309 e. The third-order valence-corrected chi connectivity index (χ3v) is 3.28. The normalized spacial score (nSPS) is 13.1. The molecule has 2 nitrogen and oxygen atoms in total. The molecule has 0 bridgehead atoms. The van der Waals surface area contributed by atoms with Gasteiger partial charge in [-0.3, -0.25) is 4.79 Å². The van der Waals surface area contributed by atoms with E-state index in [1.54, 1.807) is 0 Å². The van der Waals surface area contributed by atoms with Crippen LogP contribution in [0.15, 0.2) is 16.9 Å². The molecular weight excluding hydrogens is 222 g/mol. The number of nitrogens with zero attached hydrogens (tertiary/aromatic N) is 1. The Morgan fingerprint density at radius 3 is 2.38 bits per heavy atom. The molecule has 1 aromatic rings. The van der Waals surface area contributed by atoms with Gasteiger partial charge in [-0.05, 0) is 25.3 Å². The van der Waals surface area contributed by atoms with Crippen molar-refractivity contribution in [2.24, 2.45) is 0 Å². The van der Waals surface area contributed by atoms with Gasteiger partial charge >= 0.3 is 0 Å². The summed E-state index contributed by atoms with van der Waals surface area (Å²) in [7, 11) is 0. The summed E-state index contributed by atoms with van der Waals surface area (Å²) >= 11 is 5.77. The summed E-state index contributed by atoms with van der Waals surface area (Å²) in [6.45, 7) is 8.38. The lowest BCUT2D eigenvalue weighted by atomic mass is 10.1. The van der Waals surface area contributed by atoms with Crippen LogP contribution in [0, 0.1) is 0 Å². The van der Waals surface area contributed by atoms with Crippen LogP contribution in [0.3, 0.4) is 0 Å². The van der Waals surface area contributed by atoms with Gasteiger partial charge in [-0.15, -0.1) is 11.6 Å². The molecule has 0 aliphatic heterocycles.